The molecular formula is C61H78N2O13. The number of aliphatic hydroxyl groups is 4. The number of carboxylic acids is 1. The average Bonchev–Trinajstić information content (AvgIpc) is 4.37. The molecule has 76 heavy (non-hydrogen) atoms. The summed E-state index contributed by atoms with van der Waals surface area (Å²) in [7, 11) is 0. The lowest BCUT2D eigenvalue weighted by molar-refractivity contribution is -0.337. The van der Waals surface area contributed by atoms with E-state index in [2.05, 4.69) is 16.9 Å². The molecule has 7 saturated carbocycles. The van der Waals surface area contributed by atoms with Crippen LogP contribution >= 0.6 is 0 Å². The summed E-state index contributed by atoms with van der Waals surface area (Å²) < 4.78 is 27.7. The number of hydrazine groups is 1. The first kappa shape index (κ1) is 49.4. The average molecular weight is 1050 g/mol. The van der Waals surface area contributed by atoms with Gasteiger partial charge in [-0.1, -0.05) is 18.9 Å². The number of rotatable bonds is 7. The van der Waals surface area contributed by atoms with E-state index in [4.69, 9.17) is 18.9 Å². The molecule has 15 rings (SSSR count). The van der Waals surface area contributed by atoms with Crippen molar-refractivity contribution in [2.24, 2.45) is 56.7 Å². The van der Waals surface area contributed by atoms with Gasteiger partial charge < -0.3 is 54.7 Å². The van der Waals surface area contributed by atoms with Crippen molar-refractivity contribution in [3.8, 4) is 17.2 Å². The van der Waals surface area contributed by atoms with Crippen LogP contribution in [0.3, 0.4) is 0 Å². The summed E-state index contributed by atoms with van der Waals surface area (Å²) in [4.78, 5) is 25.5. The number of fused-ring (bicyclic) bond motifs is 4. The molecule has 0 aromatic heterocycles. The summed E-state index contributed by atoms with van der Waals surface area (Å²) in [6, 6.07) is 2.60. The number of ether oxygens (including phenoxy) is 4. The maximum absolute atomic E-state index is 13.2. The molecular weight excluding hydrogens is 969 g/mol. The number of hydrogen-bond donors (Lipinski definition) is 9. The number of carbonyl (C=O) groups is 2. The Hall–Kier alpha value is -3.64. The van der Waals surface area contributed by atoms with Gasteiger partial charge in [0.05, 0.1) is 35.3 Å². The van der Waals surface area contributed by atoms with Crippen LogP contribution < -0.4 is 15.6 Å². The van der Waals surface area contributed by atoms with Gasteiger partial charge in [0.25, 0.3) is 0 Å². The minimum Gasteiger partial charge on any atom is -0.507 e. The number of Topliss-reactive ketones (excluding diaryl/α,β-unsaturated/α-hetero) is 1. The van der Waals surface area contributed by atoms with Crippen molar-refractivity contribution in [1.29, 1.82) is 0 Å². The van der Waals surface area contributed by atoms with Gasteiger partial charge in [0.2, 0.25) is 6.29 Å². The van der Waals surface area contributed by atoms with E-state index >= 15 is 0 Å². The molecule has 0 radical (unpaired) electrons. The first-order valence-electron chi connectivity index (χ1n) is 29.4. The van der Waals surface area contributed by atoms with Gasteiger partial charge in [-0.05, 0) is 210 Å². The van der Waals surface area contributed by atoms with E-state index in [1.54, 1.807) is 0 Å². The highest BCUT2D eigenvalue weighted by Crippen LogP contribution is 2.82. The minimum absolute atomic E-state index is 0.0306. The zero-order valence-electron chi connectivity index (χ0n) is 44.2. The molecule has 9 N–H and O–H groups in total. The second-order valence-corrected chi connectivity index (χ2v) is 27.6. The lowest BCUT2D eigenvalue weighted by atomic mass is 9.38. The molecule has 15 nitrogen and oxygen atoms in total. The van der Waals surface area contributed by atoms with Crippen LogP contribution in [-0.4, -0.2) is 121 Å². The lowest BCUT2D eigenvalue weighted by Crippen LogP contribution is -2.81. The molecule has 11 fully saturated rings. The molecule has 19 atom stereocenters. The molecule has 13 aliphatic rings. The zero-order chi connectivity index (χ0) is 52.3. The normalized spacial score (nSPS) is 48.1. The third-order valence-corrected chi connectivity index (χ3v) is 24.9. The fourth-order valence-corrected chi connectivity index (χ4v) is 22.6. The minimum atomic E-state index is -1.82. The summed E-state index contributed by atoms with van der Waals surface area (Å²) in [5.41, 5.74) is 10.3. The SMILES string of the molecule is CC(=O)c1c(C)c(O)c2cc(C(=O)O)cc(OC3OC4C(O)CCC5OC4(CC4C6=C5CC=C6C5(CCCO)COCC6CC78CC4(NNC7CC4(CCC7CCCC9CCCC9%10CCC74C%10)C8)C65)C(O)C3O)c2c1O. The zero-order valence-corrected chi connectivity index (χ0v) is 44.2. The second kappa shape index (κ2) is 16.5. The fourth-order valence-electron chi connectivity index (χ4n) is 22.6. The number of hydrogen-bond acceptors (Lipinski definition) is 14. The molecule has 2 aromatic rings. The highest BCUT2D eigenvalue weighted by Gasteiger charge is 2.79. The van der Waals surface area contributed by atoms with Crippen LogP contribution in [-0.2, 0) is 14.2 Å². The Balaban J connectivity index is 0.843. The van der Waals surface area contributed by atoms with Gasteiger partial charge in [-0.2, -0.15) is 0 Å². The highest BCUT2D eigenvalue weighted by atomic mass is 16.7. The van der Waals surface area contributed by atoms with E-state index in [0.29, 0.717) is 43.3 Å². The topological polar surface area (TPSA) is 237 Å². The van der Waals surface area contributed by atoms with E-state index in [1.165, 1.54) is 115 Å². The van der Waals surface area contributed by atoms with Crippen LogP contribution in [0.25, 0.3) is 10.8 Å². The summed E-state index contributed by atoms with van der Waals surface area (Å²) in [6.07, 6.45) is 16.9. The van der Waals surface area contributed by atoms with Crippen LogP contribution in [0, 0.1) is 63.6 Å². The van der Waals surface area contributed by atoms with E-state index in [-0.39, 0.29) is 92.7 Å². The van der Waals surface area contributed by atoms with Crippen LogP contribution in [0.5, 0.6) is 17.2 Å². The number of aromatic carboxylic acids is 1. The number of carbonyl (C=O) groups excluding carboxylic acids is 1. The van der Waals surface area contributed by atoms with Gasteiger partial charge >= 0.3 is 5.97 Å². The van der Waals surface area contributed by atoms with Crippen molar-refractivity contribution in [1.82, 2.24) is 10.9 Å². The molecule has 2 aromatic carbocycles. The number of aliphatic hydroxyl groups excluding tert-OH is 4. The number of allylic oxidation sites excluding steroid dienone is 1. The Morgan fingerprint density at radius 1 is 0.895 bits per heavy atom. The Labute approximate surface area is 444 Å². The first-order valence-corrected chi connectivity index (χ1v) is 29.4. The number of ketones is 1. The van der Waals surface area contributed by atoms with Crippen molar-refractivity contribution >= 4 is 22.5 Å². The summed E-state index contributed by atoms with van der Waals surface area (Å²) >= 11 is 0. The largest absolute Gasteiger partial charge is 0.507 e. The maximum Gasteiger partial charge on any atom is 0.335 e. The lowest BCUT2D eigenvalue weighted by Gasteiger charge is -2.72. The van der Waals surface area contributed by atoms with Gasteiger partial charge in [0.1, 0.15) is 41.2 Å². The monoisotopic (exact) mass is 1050 g/mol. The number of nitrogens with one attached hydrogen (secondary N) is 2. The molecule has 15 heteroatoms. The Bertz CT molecular complexity index is 2920. The predicted molar refractivity (Wildman–Crippen MR) is 276 cm³/mol. The van der Waals surface area contributed by atoms with Crippen LogP contribution in [0.1, 0.15) is 168 Å². The molecule has 6 spiro atoms. The van der Waals surface area contributed by atoms with E-state index in [1.807, 2.05) is 0 Å². The quantitative estimate of drug-likeness (QED) is 0.0961. The molecule has 5 aliphatic heterocycles. The molecule has 410 valence electrons. The standard InChI is InChI=1S/C61H78N2O13/c1-30-44(31(2)65)48(68)46-37(47(30)67)20-32(53(71)72)21-42(46)74-54-49(69)51(70)61-23-39-45-36(41(76-61)12-11-40(66)52(61)75-54)9-10-38(45)58(15-5-19-64)29-73-25-33-22-56-26-57(24-43(56)62-63-60(39,28-56)50(33)58)16-13-35-7-3-6-34-8-4-14-55(34)17-18-59(35,57)27-55/h10,20-21,33-35,39-41,43,49-52,54,62-64,66-70H,3-9,11-19,22-29H2,1-2H3,(H,71,72). The smallest absolute Gasteiger partial charge is 0.335 e. The number of phenols is 2. The van der Waals surface area contributed by atoms with E-state index in [0.717, 1.165) is 42.7 Å². The van der Waals surface area contributed by atoms with Gasteiger partial charge in [-0.25, -0.2) is 4.79 Å². The van der Waals surface area contributed by atoms with Crippen LogP contribution in [0.15, 0.2) is 34.9 Å². The van der Waals surface area contributed by atoms with E-state index in [9.17, 15) is 45.3 Å². The molecule has 19 unspecified atom stereocenters. The van der Waals surface area contributed by atoms with Gasteiger partial charge in [0.15, 0.2) is 5.78 Å². The number of aromatic hydroxyl groups is 2. The second-order valence-electron chi connectivity index (χ2n) is 27.6. The van der Waals surface area contributed by atoms with Crippen LogP contribution in [0.4, 0.5) is 0 Å². The van der Waals surface area contributed by atoms with Crippen molar-refractivity contribution in [2.45, 2.75) is 203 Å². The Morgan fingerprint density at radius 3 is 2.54 bits per heavy atom. The molecule has 6 bridgehead atoms. The predicted octanol–water partition coefficient (Wildman–Crippen LogP) is 7.57. The first-order chi connectivity index (χ1) is 36.5. The summed E-state index contributed by atoms with van der Waals surface area (Å²) in [5.74, 6) is -1.42. The summed E-state index contributed by atoms with van der Waals surface area (Å²) in [5, 5.41) is 82.0. The highest BCUT2D eigenvalue weighted by molar-refractivity contribution is 6.11. The Kier molecular flexibility index (Phi) is 10.7. The van der Waals surface area contributed by atoms with Gasteiger partial charge in [0, 0.05) is 47.1 Å². The Morgan fingerprint density at radius 2 is 1.72 bits per heavy atom. The third kappa shape index (κ3) is 6.11. The molecule has 4 saturated heterocycles. The summed E-state index contributed by atoms with van der Waals surface area (Å²) in [6.45, 7) is 3.99. The van der Waals surface area contributed by atoms with Gasteiger partial charge in [-0.15, -0.1) is 0 Å². The maximum atomic E-state index is 13.2. The molecule has 0 amide bonds. The van der Waals surface area contributed by atoms with Gasteiger partial charge in [-0.3, -0.25) is 15.6 Å². The molecule has 8 aliphatic carbocycles. The number of carboxylic acid groups (broad SMARTS) is 1. The number of phenolic OH excluding ortho intramolecular Hbond substituents is 2. The third-order valence-electron chi connectivity index (χ3n) is 24.9. The van der Waals surface area contributed by atoms with Crippen molar-refractivity contribution in [2.75, 3.05) is 19.8 Å². The van der Waals surface area contributed by atoms with Crippen molar-refractivity contribution < 1.29 is 64.3 Å². The number of benzene rings is 2. The van der Waals surface area contributed by atoms with Crippen molar-refractivity contribution in [3.05, 3.63) is 51.6 Å². The van der Waals surface area contributed by atoms with Crippen LogP contribution in [0.2, 0.25) is 0 Å². The molecule has 5 heterocycles. The fraction of sp³-hybridized carbons (Fsp3) is 0.738. The van der Waals surface area contributed by atoms with E-state index < -0.39 is 71.2 Å². The van der Waals surface area contributed by atoms with Crippen molar-refractivity contribution in [3.63, 3.8) is 0 Å².